The zero-order valence-corrected chi connectivity index (χ0v) is 13.8. The summed E-state index contributed by atoms with van der Waals surface area (Å²) in [6.45, 7) is 2.80. The van der Waals surface area contributed by atoms with Crippen molar-refractivity contribution in [3.63, 3.8) is 0 Å². The van der Waals surface area contributed by atoms with Crippen molar-refractivity contribution in [2.24, 2.45) is 0 Å². The molecule has 0 aliphatic carbocycles. The number of aliphatic hydroxyl groups excluding tert-OH is 1. The minimum atomic E-state index is -0.140. The predicted molar refractivity (Wildman–Crippen MR) is 92.1 cm³/mol. The zero-order valence-electron chi connectivity index (χ0n) is 13.8. The number of fused-ring (bicyclic) bond motifs is 1. The van der Waals surface area contributed by atoms with Crippen molar-refractivity contribution in [2.45, 2.75) is 32.2 Å². The molecule has 1 aliphatic rings. The average Bonchev–Trinajstić information content (AvgIpc) is 3.07. The molecule has 24 heavy (non-hydrogen) atoms. The summed E-state index contributed by atoms with van der Waals surface area (Å²) in [6, 6.07) is 7.95. The van der Waals surface area contributed by atoms with Crippen LogP contribution in [0.15, 0.2) is 36.7 Å². The Bertz CT molecular complexity index is 730. The SMILES string of the molecule is CC(CCCO)NC(=O)c1cncc(-c2ccc3c(c2)CCO3)c1. The van der Waals surface area contributed by atoms with Crippen molar-refractivity contribution in [3.8, 4) is 16.9 Å². The number of nitrogens with zero attached hydrogens (tertiary/aromatic N) is 1. The number of amides is 1. The molecule has 1 aromatic heterocycles. The molecular weight excluding hydrogens is 304 g/mol. The van der Waals surface area contributed by atoms with Gasteiger partial charge in [0, 0.05) is 37.0 Å². The highest BCUT2D eigenvalue weighted by atomic mass is 16.5. The van der Waals surface area contributed by atoms with Gasteiger partial charge in [0.25, 0.3) is 5.91 Å². The third-order valence-corrected chi connectivity index (χ3v) is 4.20. The van der Waals surface area contributed by atoms with E-state index in [0.717, 1.165) is 36.3 Å². The van der Waals surface area contributed by atoms with Crippen molar-refractivity contribution in [1.29, 1.82) is 0 Å². The number of hydrogen-bond acceptors (Lipinski definition) is 4. The van der Waals surface area contributed by atoms with Gasteiger partial charge in [0.1, 0.15) is 5.75 Å². The molecule has 5 nitrogen and oxygen atoms in total. The quantitative estimate of drug-likeness (QED) is 0.856. The first-order valence-electron chi connectivity index (χ1n) is 8.30. The summed E-state index contributed by atoms with van der Waals surface area (Å²) >= 11 is 0. The highest BCUT2D eigenvalue weighted by molar-refractivity contribution is 5.95. The van der Waals surface area contributed by atoms with E-state index in [1.807, 2.05) is 25.1 Å². The molecule has 1 amide bonds. The zero-order chi connectivity index (χ0) is 16.9. The fourth-order valence-corrected chi connectivity index (χ4v) is 2.86. The Morgan fingerprint density at radius 3 is 3.04 bits per heavy atom. The molecule has 1 unspecified atom stereocenters. The largest absolute Gasteiger partial charge is 0.493 e. The van der Waals surface area contributed by atoms with E-state index in [1.54, 1.807) is 12.4 Å². The Kier molecular flexibility index (Phi) is 5.11. The van der Waals surface area contributed by atoms with Crippen LogP contribution in [0.3, 0.4) is 0 Å². The molecule has 0 spiro atoms. The Morgan fingerprint density at radius 1 is 1.33 bits per heavy atom. The topological polar surface area (TPSA) is 71.5 Å². The van der Waals surface area contributed by atoms with Crippen LogP contribution in [0.1, 0.15) is 35.7 Å². The molecule has 0 radical (unpaired) electrons. The van der Waals surface area contributed by atoms with Gasteiger partial charge in [-0.1, -0.05) is 6.07 Å². The number of ether oxygens (including phenoxy) is 1. The van der Waals surface area contributed by atoms with E-state index in [0.29, 0.717) is 12.0 Å². The summed E-state index contributed by atoms with van der Waals surface area (Å²) in [6.07, 6.45) is 5.69. The fourth-order valence-electron chi connectivity index (χ4n) is 2.86. The molecule has 126 valence electrons. The molecule has 1 atom stereocenters. The monoisotopic (exact) mass is 326 g/mol. The lowest BCUT2D eigenvalue weighted by Crippen LogP contribution is -2.32. The van der Waals surface area contributed by atoms with Crippen molar-refractivity contribution in [1.82, 2.24) is 10.3 Å². The average molecular weight is 326 g/mol. The third-order valence-electron chi connectivity index (χ3n) is 4.20. The summed E-state index contributed by atoms with van der Waals surface area (Å²) in [7, 11) is 0. The molecule has 1 aromatic carbocycles. The number of aromatic nitrogens is 1. The standard InChI is InChI=1S/C19H22N2O3/c1-13(3-2-7-22)21-19(23)17-10-16(11-20-12-17)14-4-5-18-15(9-14)6-8-24-18/h4-5,9-13,22H,2-3,6-8H2,1H3,(H,21,23). The molecule has 2 heterocycles. The number of pyridine rings is 1. The number of benzene rings is 1. The van der Waals surface area contributed by atoms with Gasteiger partial charge in [0.15, 0.2) is 0 Å². The normalized spacial score (nSPS) is 13.9. The van der Waals surface area contributed by atoms with Gasteiger partial charge in [0.05, 0.1) is 12.2 Å². The van der Waals surface area contributed by atoms with E-state index in [1.165, 1.54) is 5.56 Å². The van der Waals surface area contributed by atoms with Crippen LogP contribution >= 0.6 is 0 Å². The number of hydrogen-bond donors (Lipinski definition) is 2. The molecule has 0 fully saturated rings. The second-order valence-electron chi connectivity index (χ2n) is 6.12. The van der Waals surface area contributed by atoms with Gasteiger partial charge in [-0.2, -0.15) is 0 Å². The minimum Gasteiger partial charge on any atom is -0.493 e. The van der Waals surface area contributed by atoms with Crippen LogP contribution in [0.2, 0.25) is 0 Å². The first-order valence-corrected chi connectivity index (χ1v) is 8.30. The lowest BCUT2D eigenvalue weighted by molar-refractivity contribution is 0.0936. The van der Waals surface area contributed by atoms with Crippen LogP contribution in [0.4, 0.5) is 0 Å². The van der Waals surface area contributed by atoms with E-state index >= 15 is 0 Å². The van der Waals surface area contributed by atoms with Crippen LogP contribution in [0.25, 0.3) is 11.1 Å². The van der Waals surface area contributed by atoms with E-state index < -0.39 is 0 Å². The van der Waals surface area contributed by atoms with Gasteiger partial charge in [-0.3, -0.25) is 9.78 Å². The van der Waals surface area contributed by atoms with E-state index in [2.05, 4.69) is 16.4 Å². The van der Waals surface area contributed by atoms with E-state index in [4.69, 9.17) is 9.84 Å². The second-order valence-corrected chi connectivity index (χ2v) is 6.12. The molecule has 0 saturated heterocycles. The molecule has 2 aromatic rings. The first-order chi connectivity index (χ1) is 11.7. The van der Waals surface area contributed by atoms with Gasteiger partial charge >= 0.3 is 0 Å². The number of carbonyl (C=O) groups is 1. The Hall–Kier alpha value is -2.40. The summed E-state index contributed by atoms with van der Waals surface area (Å²) in [5.74, 6) is 0.803. The lowest BCUT2D eigenvalue weighted by Gasteiger charge is -2.13. The summed E-state index contributed by atoms with van der Waals surface area (Å²) < 4.78 is 5.53. The van der Waals surface area contributed by atoms with Crippen molar-refractivity contribution >= 4 is 5.91 Å². The van der Waals surface area contributed by atoms with Gasteiger partial charge in [-0.25, -0.2) is 0 Å². The van der Waals surface area contributed by atoms with Gasteiger partial charge < -0.3 is 15.2 Å². The molecule has 1 aliphatic heterocycles. The van der Waals surface area contributed by atoms with Crippen molar-refractivity contribution in [3.05, 3.63) is 47.8 Å². The molecule has 5 heteroatoms. The Labute approximate surface area is 141 Å². The van der Waals surface area contributed by atoms with Crippen molar-refractivity contribution < 1.29 is 14.6 Å². The Balaban J connectivity index is 1.75. The lowest BCUT2D eigenvalue weighted by atomic mass is 10.0. The minimum absolute atomic E-state index is 0.0189. The van der Waals surface area contributed by atoms with Crippen molar-refractivity contribution in [2.75, 3.05) is 13.2 Å². The van der Waals surface area contributed by atoms with E-state index in [-0.39, 0.29) is 18.6 Å². The van der Waals surface area contributed by atoms with Gasteiger partial charge in [-0.05, 0) is 49.1 Å². The van der Waals surface area contributed by atoms with Crippen LogP contribution in [-0.4, -0.2) is 35.3 Å². The first kappa shape index (κ1) is 16.5. The molecular formula is C19H22N2O3. The molecule has 0 saturated carbocycles. The number of rotatable bonds is 6. The van der Waals surface area contributed by atoms with Crippen LogP contribution in [0.5, 0.6) is 5.75 Å². The summed E-state index contributed by atoms with van der Waals surface area (Å²) in [5, 5.41) is 11.8. The predicted octanol–water partition coefficient (Wildman–Crippen LogP) is 2.57. The van der Waals surface area contributed by atoms with Crippen LogP contribution < -0.4 is 10.1 Å². The number of carbonyl (C=O) groups excluding carboxylic acids is 1. The summed E-state index contributed by atoms with van der Waals surface area (Å²) in [5.41, 5.74) is 3.69. The van der Waals surface area contributed by atoms with Gasteiger partial charge in [-0.15, -0.1) is 0 Å². The molecule has 3 rings (SSSR count). The summed E-state index contributed by atoms with van der Waals surface area (Å²) in [4.78, 5) is 16.6. The maximum atomic E-state index is 12.4. The maximum Gasteiger partial charge on any atom is 0.253 e. The number of aliphatic hydroxyl groups is 1. The number of nitrogens with one attached hydrogen (secondary N) is 1. The van der Waals surface area contributed by atoms with Crippen LogP contribution in [-0.2, 0) is 6.42 Å². The Morgan fingerprint density at radius 2 is 2.21 bits per heavy atom. The second kappa shape index (κ2) is 7.45. The highest BCUT2D eigenvalue weighted by Crippen LogP contribution is 2.30. The van der Waals surface area contributed by atoms with E-state index in [9.17, 15) is 4.79 Å². The van der Waals surface area contributed by atoms with Crippen LogP contribution in [0, 0.1) is 0 Å². The smallest absolute Gasteiger partial charge is 0.253 e. The van der Waals surface area contributed by atoms with Gasteiger partial charge in [0.2, 0.25) is 0 Å². The molecule has 0 bridgehead atoms. The highest BCUT2D eigenvalue weighted by Gasteiger charge is 2.14. The third kappa shape index (κ3) is 3.74. The molecule has 2 N–H and O–H groups in total. The fraction of sp³-hybridized carbons (Fsp3) is 0.368. The maximum absolute atomic E-state index is 12.4.